The van der Waals surface area contributed by atoms with Gasteiger partial charge in [-0.2, -0.15) is 0 Å². The Labute approximate surface area is 109 Å². The van der Waals surface area contributed by atoms with Gasteiger partial charge in [0.05, 0.1) is 7.11 Å². The van der Waals surface area contributed by atoms with Crippen LogP contribution in [-0.2, 0) is 11.2 Å². The van der Waals surface area contributed by atoms with E-state index in [0.29, 0.717) is 5.92 Å². The van der Waals surface area contributed by atoms with Gasteiger partial charge in [-0.15, -0.1) is 0 Å². The molecule has 0 heterocycles. The van der Waals surface area contributed by atoms with Crippen LogP contribution in [0.15, 0.2) is 12.1 Å². The topological polar surface area (TPSA) is 56.5 Å². The lowest BCUT2D eigenvalue weighted by molar-refractivity contribution is 0.0745. The monoisotopic (exact) mass is 252 g/mol. The van der Waals surface area contributed by atoms with Crippen LogP contribution in [0.1, 0.15) is 36.5 Å². The van der Waals surface area contributed by atoms with E-state index < -0.39 is 0 Å². The first kappa shape index (κ1) is 15.0. The first-order valence-corrected chi connectivity index (χ1v) is 6.19. The summed E-state index contributed by atoms with van der Waals surface area (Å²) in [6, 6.07) is 4.26. The summed E-state index contributed by atoms with van der Waals surface area (Å²) in [5.74, 6) is 6.80. The zero-order valence-electron chi connectivity index (χ0n) is 11.9. The predicted octanol–water partition coefficient (Wildman–Crippen LogP) is 2.11. The third-order valence-corrected chi connectivity index (χ3v) is 3.19. The molecule has 0 aliphatic rings. The number of rotatable bonds is 6. The third-order valence-electron chi connectivity index (χ3n) is 3.19. The lowest BCUT2D eigenvalue weighted by atomic mass is 9.95. The number of hydrazine groups is 1. The van der Waals surface area contributed by atoms with Gasteiger partial charge in [0.1, 0.15) is 12.0 Å². The van der Waals surface area contributed by atoms with Crippen molar-refractivity contribution in [1.82, 2.24) is 5.43 Å². The van der Waals surface area contributed by atoms with E-state index in [1.807, 2.05) is 0 Å². The summed E-state index contributed by atoms with van der Waals surface area (Å²) in [7, 11) is 3.35. The van der Waals surface area contributed by atoms with Gasteiger partial charge in [0.2, 0.25) is 0 Å². The fraction of sp³-hybridized carbons (Fsp3) is 0.571. The Morgan fingerprint density at radius 3 is 2.39 bits per heavy atom. The Hall–Kier alpha value is -1.10. The molecule has 0 saturated carbocycles. The standard InChI is InChI=1S/C14H24N2O2/c1-9(2)12-7-11(8-14(16-15)18-5)10(3)6-13(12)17-4/h6-7,9,14,16H,8,15H2,1-5H3. The Kier molecular flexibility index (Phi) is 5.59. The summed E-state index contributed by atoms with van der Waals surface area (Å²) in [5, 5.41) is 0. The summed E-state index contributed by atoms with van der Waals surface area (Å²) in [6.45, 7) is 6.39. The van der Waals surface area contributed by atoms with Crippen LogP contribution in [0.2, 0.25) is 0 Å². The number of hydrogen-bond donors (Lipinski definition) is 2. The van der Waals surface area contributed by atoms with Crippen LogP contribution in [0, 0.1) is 6.92 Å². The molecule has 1 aromatic carbocycles. The van der Waals surface area contributed by atoms with Gasteiger partial charge in [0.15, 0.2) is 0 Å². The highest BCUT2D eigenvalue weighted by Crippen LogP contribution is 2.30. The van der Waals surface area contributed by atoms with Gasteiger partial charge in [-0.25, -0.2) is 5.43 Å². The molecule has 0 aromatic heterocycles. The second-order valence-electron chi connectivity index (χ2n) is 4.77. The van der Waals surface area contributed by atoms with Crippen LogP contribution < -0.4 is 16.0 Å². The van der Waals surface area contributed by atoms with Crippen molar-refractivity contribution >= 4 is 0 Å². The molecule has 1 atom stereocenters. The quantitative estimate of drug-likeness (QED) is 0.462. The summed E-state index contributed by atoms with van der Waals surface area (Å²) in [5.41, 5.74) is 6.28. The largest absolute Gasteiger partial charge is 0.496 e. The Morgan fingerprint density at radius 1 is 1.28 bits per heavy atom. The summed E-state index contributed by atoms with van der Waals surface area (Å²) < 4.78 is 10.7. The Bertz CT molecular complexity index is 388. The van der Waals surface area contributed by atoms with E-state index in [9.17, 15) is 0 Å². The van der Waals surface area contributed by atoms with Gasteiger partial charge >= 0.3 is 0 Å². The van der Waals surface area contributed by atoms with E-state index in [-0.39, 0.29) is 6.23 Å². The number of nitrogens with two attached hydrogens (primary N) is 1. The van der Waals surface area contributed by atoms with Crippen LogP contribution in [-0.4, -0.2) is 20.4 Å². The van der Waals surface area contributed by atoms with Crippen molar-refractivity contribution in [2.75, 3.05) is 14.2 Å². The molecule has 0 radical (unpaired) electrons. The maximum Gasteiger partial charge on any atom is 0.123 e. The normalized spacial score (nSPS) is 12.8. The van der Waals surface area contributed by atoms with E-state index in [1.54, 1.807) is 14.2 Å². The molecule has 1 unspecified atom stereocenters. The number of methoxy groups -OCH3 is 2. The SMILES string of the molecule is COc1cc(C)c(CC(NN)OC)cc1C(C)C. The molecule has 3 N–H and O–H groups in total. The van der Waals surface area contributed by atoms with Gasteiger partial charge in [0, 0.05) is 13.5 Å². The highest BCUT2D eigenvalue weighted by molar-refractivity contribution is 5.44. The second kappa shape index (κ2) is 6.73. The van der Waals surface area contributed by atoms with Crippen LogP contribution in [0.4, 0.5) is 0 Å². The zero-order valence-corrected chi connectivity index (χ0v) is 11.9. The van der Waals surface area contributed by atoms with Crippen molar-refractivity contribution in [3.8, 4) is 5.75 Å². The van der Waals surface area contributed by atoms with Crippen LogP contribution in [0.3, 0.4) is 0 Å². The van der Waals surface area contributed by atoms with Gasteiger partial charge in [-0.3, -0.25) is 5.84 Å². The third kappa shape index (κ3) is 3.45. The molecule has 102 valence electrons. The van der Waals surface area contributed by atoms with E-state index in [0.717, 1.165) is 12.2 Å². The maximum absolute atomic E-state index is 5.44. The molecular weight excluding hydrogens is 228 g/mol. The molecule has 0 spiro atoms. The molecule has 18 heavy (non-hydrogen) atoms. The fourth-order valence-corrected chi connectivity index (χ4v) is 2.00. The molecule has 0 aliphatic carbocycles. The van der Waals surface area contributed by atoms with Crippen LogP contribution >= 0.6 is 0 Å². The van der Waals surface area contributed by atoms with Crippen molar-refractivity contribution in [3.63, 3.8) is 0 Å². The second-order valence-corrected chi connectivity index (χ2v) is 4.77. The predicted molar refractivity (Wildman–Crippen MR) is 73.6 cm³/mol. The molecule has 4 nitrogen and oxygen atoms in total. The fourth-order valence-electron chi connectivity index (χ4n) is 2.00. The zero-order chi connectivity index (χ0) is 13.7. The van der Waals surface area contributed by atoms with Gasteiger partial charge < -0.3 is 9.47 Å². The van der Waals surface area contributed by atoms with E-state index >= 15 is 0 Å². The molecule has 0 amide bonds. The number of ether oxygens (including phenoxy) is 2. The first-order chi connectivity index (χ1) is 8.53. The minimum Gasteiger partial charge on any atom is -0.496 e. The number of nitrogens with one attached hydrogen (secondary N) is 1. The smallest absolute Gasteiger partial charge is 0.123 e. The molecular formula is C14H24N2O2. The van der Waals surface area contributed by atoms with Crippen molar-refractivity contribution in [3.05, 3.63) is 28.8 Å². The molecule has 1 rings (SSSR count). The van der Waals surface area contributed by atoms with Gasteiger partial charge in [-0.05, 0) is 35.6 Å². The van der Waals surface area contributed by atoms with E-state index in [1.165, 1.54) is 16.7 Å². The van der Waals surface area contributed by atoms with Crippen molar-refractivity contribution < 1.29 is 9.47 Å². The lowest BCUT2D eigenvalue weighted by Gasteiger charge is -2.19. The summed E-state index contributed by atoms with van der Waals surface area (Å²) in [6.07, 6.45) is 0.569. The highest BCUT2D eigenvalue weighted by atomic mass is 16.5. The van der Waals surface area contributed by atoms with Crippen LogP contribution in [0.5, 0.6) is 5.75 Å². The molecule has 0 fully saturated rings. The highest BCUT2D eigenvalue weighted by Gasteiger charge is 2.14. The average molecular weight is 252 g/mol. The molecule has 0 saturated heterocycles. The van der Waals surface area contributed by atoms with Gasteiger partial charge in [0.25, 0.3) is 0 Å². The molecule has 4 heteroatoms. The summed E-state index contributed by atoms with van der Waals surface area (Å²) >= 11 is 0. The molecule has 0 bridgehead atoms. The van der Waals surface area contributed by atoms with Crippen molar-refractivity contribution in [2.45, 2.75) is 39.3 Å². The van der Waals surface area contributed by atoms with Gasteiger partial charge in [-0.1, -0.05) is 19.9 Å². The van der Waals surface area contributed by atoms with Crippen molar-refractivity contribution in [1.29, 1.82) is 0 Å². The summed E-state index contributed by atoms with van der Waals surface area (Å²) in [4.78, 5) is 0. The van der Waals surface area contributed by atoms with Crippen molar-refractivity contribution in [2.24, 2.45) is 5.84 Å². The molecule has 0 aliphatic heterocycles. The maximum atomic E-state index is 5.44. The average Bonchev–Trinajstić information content (AvgIpc) is 2.36. The number of hydrogen-bond acceptors (Lipinski definition) is 4. The number of aryl methyl sites for hydroxylation is 1. The molecule has 1 aromatic rings. The van der Waals surface area contributed by atoms with E-state index in [4.69, 9.17) is 15.3 Å². The first-order valence-electron chi connectivity index (χ1n) is 6.19. The van der Waals surface area contributed by atoms with E-state index in [2.05, 4.69) is 38.3 Å². The number of benzene rings is 1. The van der Waals surface area contributed by atoms with Crippen LogP contribution in [0.25, 0.3) is 0 Å². The minimum absolute atomic E-state index is 0.169. The Balaban J connectivity index is 3.09. The Morgan fingerprint density at radius 2 is 1.94 bits per heavy atom. The minimum atomic E-state index is -0.169. The lowest BCUT2D eigenvalue weighted by Crippen LogP contribution is -2.38.